The Kier molecular flexibility index (Phi) is 5.88. The molecule has 1 aromatic rings. The Balaban J connectivity index is 1.33. The molecule has 0 amide bonds. The fourth-order valence-electron chi connectivity index (χ4n) is 7.87. The van der Waals surface area contributed by atoms with Crippen LogP contribution in [0, 0.1) is 28.6 Å². The molecule has 3 saturated carbocycles. The summed E-state index contributed by atoms with van der Waals surface area (Å²) < 4.78 is 5.28. The number of benzene rings is 1. The number of hydrogen-bond donors (Lipinski definition) is 2. The van der Waals surface area contributed by atoms with Gasteiger partial charge in [0, 0.05) is 16.7 Å². The molecule has 7 atom stereocenters. The van der Waals surface area contributed by atoms with Crippen molar-refractivity contribution < 1.29 is 29.3 Å². The van der Waals surface area contributed by atoms with E-state index in [1.807, 2.05) is 43.3 Å². The van der Waals surface area contributed by atoms with Crippen molar-refractivity contribution in [3.8, 4) is 0 Å². The largest absolute Gasteiger partial charge is 0.457 e. The molecule has 0 saturated heterocycles. The molecule has 0 aromatic heterocycles. The number of aliphatic hydroxyl groups excluding tert-OH is 1. The van der Waals surface area contributed by atoms with Gasteiger partial charge in [-0.3, -0.25) is 14.4 Å². The molecular formula is C29H34O6. The van der Waals surface area contributed by atoms with Gasteiger partial charge in [-0.05, 0) is 61.7 Å². The number of allylic oxidation sites excluding steroid dienone is 4. The van der Waals surface area contributed by atoms with Crippen LogP contribution in [0.1, 0.15) is 51.5 Å². The second-order valence-electron chi connectivity index (χ2n) is 11.4. The minimum atomic E-state index is -1.65. The summed E-state index contributed by atoms with van der Waals surface area (Å²) in [6, 6.07) is 9.18. The topological polar surface area (TPSA) is 101 Å². The van der Waals surface area contributed by atoms with Gasteiger partial charge in [-0.2, -0.15) is 0 Å². The van der Waals surface area contributed by atoms with Gasteiger partial charge >= 0.3 is 5.97 Å². The van der Waals surface area contributed by atoms with Gasteiger partial charge in [0.2, 0.25) is 5.78 Å². The van der Waals surface area contributed by atoms with Gasteiger partial charge in [-0.25, -0.2) is 0 Å². The molecule has 0 spiro atoms. The quantitative estimate of drug-likeness (QED) is 0.630. The van der Waals surface area contributed by atoms with E-state index in [4.69, 9.17) is 4.74 Å². The van der Waals surface area contributed by atoms with Crippen LogP contribution in [0.25, 0.3) is 0 Å². The third kappa shape index (κ3) is 3.73. The molecule has 6 heteroatoms. The first-order valence-corrected chi connectivity index (χ1v) is 12.7. The number of esters is 1. The minimum absolute atomic E-state index is 0.00582. The normalized spacial score (nSPS) is 39.8. The zero-order chi connectivity index (χ0) is 25.0. The fraction of sp³-hybridized carbons (Fsp3) is 0.552. The Morgan fingerprint density at radius 1 is 1.14 bits per heavy atom. The summed E-state index contributed by atoms with van der Waals surface area (Å²) in [4.78, 5) is 37.6. The molecule has 6 nitrogen and oxygen atoms in total. The molecule has 5 rings (SSSR count). The molecule has 4 aliphatic rings. The molecule has 0 aliphatic heterocycles. The maximum atomic E-state index is 13.3. The van der Waals surface area contributed by atoms with Crippen molar-refractivity contribution in [3.63, 3.8) is 0 Å². The van der Waals surface area contributed by atoms with E-state index in [2.05, 4.69) is 6.92 Å². The monoisotopic (exact) mass is 478 g/mol. The summed E-state index contributed by atoms with van der Waals surface area (Å²) in [6.45, 7) is 3.55. The van der Waals surface area contributed by atoms with Gasteiger partial charge in [-0.1, -0.05) is 55.8 Å². The minimum Gasteiger partial charge on any atom is -0.457 e. The molecule has 4 aliphatic carbocycles. The predicted molar refractivity (Wildman–Crippen MR) is 129 cm³/mol. The standard InChI is InChI=1S/C29H34O6/c1-27-12-10-20(30)15-19(27)8-9-21-22-11-13-29(34,28(22,2)16-23(31)26(21)27)24(32)17-35-25(33)14-18-6-4-3-5-7-18/h3-7,10,12,15,21-23,26,31,34H,8-9,11,13-14,16-17H2,1-2H3/t21?,22?,23-,26?,27?,28?,29-/m0/s1. The van der Waals surface area contributed by atoms with E-state index in [-0.39, 0.29) is 30.0 Å². The van der Waals surface area contributed by atoms with E-state index >= 15 is 0 Å². The zero-order valence-electron chi connectivity index (χ0n) is 20.4. The van der Waals surface area contributed by atoms with Crippen molar-refractivity contribution in [2.24, 2.45) is 28.6 Å². The summed E-state index contributed by atoms with van der Waals surface area (Å²) >= 11 is 0. The van der Waals surface area contributed by atoms with Gasteiger partial charge in [0.25, 0.3) is 0 Å². The van der Waals surface area contributed by atoms with Crippen LogP contribution in [0.3, 0.4) is 0 Å². The summed E-state index contributed by atoms with van der Waals surface area (Å²) in [5.74, 6) is -0.865. The van der Waals surface area contributed by atoms with E-state index in [9.17, 15) is 24.6 Å². The predicted octanol–water partition coefficient (Wildman–Crippen LogP) is 3.35. The molecule has 1 aromatic carbocycles. The van der Waals surface area contributed by atoms with Crippen molar-refractivity contribution in [2.45, 2.75) is 64.1 Å². The average Bonchev–Trinajstić information content (AvgIpc) is 3.09. The summed E-state index contributed by atoms with van der Waals surface area (Å²) in [6.07, 6.45) is 7.49. The van der Waals surface area contributed by atoms with Gasteiger partial charge in [0.1, 0.15) is 5.60 Å². The number of ether oxygens (including phenoxy) is 1. The first-order valence-electron chi connectivity index (χ1n) is 12.7. The van der Waals surface area contributed by atoms with Crippen LogP contribution in [0.4, 0.5) is 0 Å². The van der Waals surface area contributed by atoms with Crippen LogP contribution in [-0.2, 0) is 25.5 Å². The summed E-state index contributed by atoms with van der Waals surface area (Å²) in [7, 11) is 0. The number of aliphatic hydroxyl groups is 2. The number of fused-ring (bicyclic) bond motifs is 5. The van der Waals surface area contributed by atoms with Crippen LogP contribution < -0.4 is 0 Å². The van der Waals surface area contributed by atoms with Crippen molar-refractivity contribution >= 4 is 17.5 Å². The highest BCUT2D eigenvalue weighted by Gasteiger charge is 2.68. The van der Waals surface area contributed by atoms with E-state index in [0.29, 0.717) is 19.3 Å². The van der Waals surface area contributed by atoms with Gasteiger partial charge in [-0.15, -0.1) is 0 Å². The molecule has 3 fully saturated rings. The highest BCUT2D eigenvalue weighted by atomic mass is 16.5. The Bertz CT molecular complexity index is 1110. The van der Waals surface area contributed by atoms with Crippen molar-refractivity contribution in [3.05, 3.63) is 59.7 Å². The summed E-state index contributed by atoms with van der Waals surface area (Å²) in [5, 5.41) is 23.2. The van der Waals surface area contributed by atoms with Crippen LogP contribution in [0.2, 0.25) is 0 Å². The third-order valence-electron chi connectivity index (χ3n) is 9.66. The highest BCUT2D eigenvalue weighted by Crippen LogP contribution is 2.67. The van der Waals surface area contributed by atoms with Crippen LogP contribution in [0.15, 0.2) is 54.1 Å². The van der Waals surface area contributed by atoms with E-state index in [0.717, 1.165) is 24.0 Å². The van der Waals surface area contributed by atoms with Crippen LogP contribution >= 0.6 is 0 Å². The second-order valence-corrected chi connectivity index (χ2v) is 11.4. The molecule has 35 heavy (non-hydrogen) atoms. The molecule has 186 valence electrons. The highest BCUT2D eigenvalue weighted by molar-refractivity contribution is 6.01. The first kappa shape index (κ1) is 24.1. The second kappa shape index (κ2) is 8.52. The molecule has 0 heterocycles. The van der Waals surface area contributed by atoms with E-state index in [1.54, 1.807) is 12.2 Å². The number of ketones is 2. The van der Waals surface area contributed by atoms with Crippen LogP contribution in [0.5, 0.6) is 0 Å². The lowest BCUT2D eigenvalue weighted by Crippen LogP contribution is -2.61. The molecular weight excluding hydrogens is 444 g/mol. The maximum Gasteiger partial charge on any atom is 0.310 e. The number of hydrogen-bond acceptors (Lipinski definition) is 6. The van der Waals surface area contributed by atoms with Gasteiger partial charge < -0.3 is 14.9 Å². The Hall–Kier alpha value is -2.57. The molecule has 2 N–H and O–H groups in total. The van der Waals surface area contributed by atoms with E-state index < -0.39 is 40.9 Å². The van der Waals surface area contributed by atoms with Gasteiger partial charge in [0.15, 0.2) is 12.4 Å². The Labute approximate surface area is 206 Å². The third-order valence-corrected chi connectivity index (χ3v) is 9.66. The SMILES string of the molecule is CC12C=CC(=O)C=C1CCC1C2[C@@H](O)CC2(C)C1CC[C@]2(O)C(=O)COC(=O)Cc1ccccc1. The Morgan fingerprint density at radius 2 is 1.89 bits per heavy atom. The van der Waals surface area contributed by atoms with Gasteiger partial charge in [0.05, 0.1) is 12.5 Å². The fourth-order valence-corrected chi connectivity index (χ4v) is 7.87. The zero-order valence-corrected chi connectivity index (χ0v) is 20.4. The summed E-state index contributed by atoms with van der Waals surface area (Å²) in [5.41, 5.74) is -0.969. The lowest BCUT2D eigenvalue weighted by molar-refractivity contribution is -0.181. The van der Waals surface area contributed by atoms with Crippen molar-refractivity contribution in [1.29, 1.82) is 0 Å². The number of rotatable bonds is 5. The first-order chi connectivity index (χ1) is 16.6. The number of carbonyl (C=O) groups excluding carboxylic acids is 3. The lowest BCUT2D eigenvalue weighted by atomic mass is 9.46. The number of Topliss-reactive ketones (excluding diaryl/α,β-unsaturated/α-hetero) is 1. The van der Waals surface area contributed by atoms with Crippen LogP contribution in [-0.4, -0.2) is 46.1 Å². The average molecular weight is 479 g/mol. The number of carbonyl (C=O) groups is 3. The Morgan fingerprint density at radius 3 is 2.63 bits per heavy atom. The van der Waals surface area contributed by atoms with Crippen molar-refractivity contribution in [2.75, 3.05) is 6.61 Å². The molecule has 5 unspecified atom stereocenters. The maximum absolute atomic E-state index is 13.3. The lowest BCUT2D eigenvalue weighted by Gasteiger charge is -2.59. The smallest absolute Gasteiger partial charge is 0.310 e. The van der Waals surface area contributed by atoms with E-state index in [1.165, 1.54) is 0 Å². The molecule has 0 bridgehead atoms. The van der Waals surface area contributed by atoms with Crippen molar-refractivity contribution in [1.82, 2.24) is 0 Å². The molecule has 0 radical (unpaired) electrons.